The molecule has 7 heteroatoms. The van der Waals surface area contributed by atoms with Crippen LogP contribution in [0.25, 0.3) is 0 Å². The molecule has 5 nitrogen and oxygen atoms in total. The Kier molecular flexibility index (Phi) is 4.42. The quantitative estimate of drug-likeness (QED) is 0.614. The molecule has 0 amide bonds. The summed E-state index contributed by atoms with van der Waals surface area (Å²) in [5, 5.41) is 0. The van der Waals surface area contributed by atoms with Gasteiger partial charge in [0.1, 0.15) is 5.82 Å². The van der Waals surface area contributed by atoms with Gasteiger partial charge in [-0.2, -0.15) is 4.31 Å². The Morgan fingerprint density at radius 1 is 1.33 bits per heavy atom. The zero-order chi connectivity index (χ0) is 13.9. The average Bonchev–Trinajstić information content (AvgIpc) is 2.27. The molecule has 1 rings (SSSR count). The van der Waals surface area contributed by atoms with E-state index in [1.165, 1.54) is 20.9 Å². The lowest BCUT2D eigenvalue weighted by Gasteiger charge is -2.23. The van der Waals surface area contributed by atoms with E-state index in [4.69, 9.17) is 4.74 Å². The number of hydrogen-bond donors (Lipinski definition) is 0. The number of nitrogens with zero attached hydrogens (tertiary/aromatic N) is 1. The highest BCUT2D eigenvalue weighted by Gasteiger charge is 2.26. The van der Waals surface area contributed by atoms with Gasteiger partial charge in [0.2, 0.25) is 10.0 Å². The van der Waals surface area contributed by atoms with Crippen LogP contribution in [0.4, 0.5) is 4.39 Å². The van der Waals surface area contributed by atoms with Gasteiger partial charge in [0.25, 0.3) is 0 Å². The van der Waals surface area contributed by atoms with Crippen LogP contribution in [0.3, 0.4) is 0 Å². The van der Waals surface area contributed by atoms with Crippen molar-refractivity contribution in [1.29, 1.82) is 0 Å². The first-order chi connectivity index (χ1) is 8.25. The molecule has 0 heterocycles. The van der Waals surface area contributed by atoms with E-state index in [2.05, 4.69) is 0 Å². The minimum absolute atomic E-state index is 0.0644. The summed E-state index contributed by atoms with van der Waals surface area (Å²) in [5.74, 6) is -1.10. The van der Waals surface area contributed by atoms with Crippen LogP contribution >= 0.6 is 0 Å². The van der Waals surface area contributed by atoms with Crippen molar-refractivity contribution in [2.75, 3.05) is 7.05 Å². The van der Waals surface area contributed by atoms with Crippen molar-refractivity contribution in [3.05, 3.63) is 30.1 Å². The van der Waals surface area contributed by atoms with Gasteiger partial charge in [-0.1, -0.05) is 0 Å². The predicted octanol–water partition coefficient (Wildman–Crippen LogP) is 1.36. The van der Waals surface area contributed by atoms with Crippen LogP contribution in [0, 0.1) is 5.82 Å². The molecule has 0 saturated carbocycles. The van der Waals surface area contributed by atoms with Crippen LogP contribution in [0.2, 0.25) is 0 Å². The van der Waals surface area contributed by atoms with E-state index in [1.807, 2.05) is 0 Å². The normalized spacial score (nSPS) is 13.4. The third kappa shape index (κ3) is 3.27. The maximum absolute atomic E-state index is 12.7. The van der Waals surface area contributed by atoms with Crippen LogP contribution in [-0.2, 0) is 19.6 Å². The standard InChI is InChI=1S/C11H14FNO4S/c1-8(17-9(2)14)13(3)18(15,16)11-6-4-10(12)5-7-11/h4-8H,1-3H3. The molecule has 0 saturated heterocycles. The number of halogens is 1. The topological polar surface area (TPSA) is 63.7 Å². The lowest BCUT2D eigenvalue weighted by molar-refractivity contribution is -0.150. The molecule has 0 spiro atoms. The highest BCUT2D eigenvalue weighted by Crippen LogP contribution is 2.17. The molecule has 1 aromatic rings. The number of hydrogen-bond acceptors (Lipinski definition) is 4. The number of rotatable bonds is 4. The lowest BCUT2D eigenvalue weighted by atomic mass is 10.4. The van der Waals surface area contributed by atoms with Crippen molar-refractivity contribution in [3.8, 4) is 0 Å². The Hall–Kier alpha value is -1.47. The van der Waals surface area contributed by atoms with Crippen LogP contribution in [0.1, 0.15) is 13.8 Å². The summed E-state index contributed by atoms with van der Waals surface area (Å²) in [6.45, 7) is 2.62. The fraction of sp³-hybridized carbons (Fsp3) is 0.364. The maximum Gasteiger partial charge on any atom is 0.304 e. The van der Waals surface area contributed by atoms with Gasteiger partial charge in [-0.25, -0.2) is 12.8 Å². The summed E-state index contributed by atoms with van der Waals surface area (Å²) < 4.78 is 42.6. The van der Waals surface area contributed by atoms with Crippen molar-refractivity contribution in [2.45, 2.75) is 25.0 Å². The van der Waals surface area contributed by atoms with Gasteiger partial charge >= 0.3 is 5.97 Å². The Bertz CT molecular complexity index is 526. The number of esters is 1. The van der Waals surface area contributed by atoms with Gasteiger partial charge in [0.15, 0.2) is 6.23 Å². The summed E-state index contributed by atoms with van der Waals surface area (Å²) in [6, 6.07) is 4.41. The molecule has 0 aliphatic carbocycles. The molecule has 1 atom stereocenters. The van der Waals surface area contributed by atoms with Gasteiger partial charge < -0.3 is 4.74 Å². The van der Waals surface area contributed by atoms with Gasteiger partial charge in [-0.05, 0) is 31.2 Å². The van der Waals surface area contributed by atoms with Crippen LogP contribution in [0.15, 0.2) is 29.2 Å². The third-order valence-corrected chi connectivity index (χ3v) is 4.26. The molecular weight excluding hydrogens is 261 g/mol. The van der Waals surface area contributed by atoms with E-state index in [0.29, 0.717) is 0 Å². The third-order valence-electron chi connectivity index (χ3n) is 2.34. The number of benzene rings is 1. The molecule has 0 radical (unpaired) electrons. The largest absolute Gasteiger partial charge is 0.446 e. The number of carbonyl (C=O) groups is 1. The van der Waals surface area contributed by atoms with Gasteiger partial charge in [-0.3, -0.25) is 4.79 Å². The molecule has 1 unspecified atom stereocenters. The van der Waals surface area contributed by atoms with Crippen molar-refractivity contribution in [3.63, 3.8) is 0 Å². The summed E-state index contributed by atoms with van der Waals surface area (Å²) in [4.78, 5) is 10.7. The average molecular weight is 275 g/mol. The van der Waals surface area contributed by atoms with Gasteiger partial charge in [-0.15, -0.1) is 0 Å². The van der Waals surface area contributed by atoms with E-state index < -0.39 is 28.0 Å². The monoisotopic (exact) mass is 275 g/mol. The number of carbonyl (C=O) groups excluding carboxylic acids is 1. The minimum Gasteiger partial charge on any atom is -0.446 e. The zero-order valence-corrected chi connectivity index (χ0v) is 11.1. The van der Waals surface area contributed by atoms with E-state index in [-0.39, 0.29) is 4.90 Å². The highest BCUT2D eigenvalue weighted by molar-refractivity contribution is 7.89. The van der Waals surface area contributed by atoms with E-state index in [9.17, 15) is 17.6 Å². The smallest absolute Gasteiger partial charge is 0.304 e. The molecule has 1 aromatic carbocycles. The number of sulfonamides is 1. The fourth-order valence-corrected chi connectivity index (χ4v) is 2.53. The van der Waals surface area contributed by atoms with Gasteiger partial charge in [0.05, 0.1) is 4.90 Å². The van der Waals surface area contributed by atoms with Crippen LogP contribution in [-0.4, -0.2) is 32.0 Å². The molecule has 0 aliphatic heterocycles. The molecular formula is C11H14FNO4S. The Morgan fingerprint density at radius 3 is 2.28 bits per heavy atom. The Balaban J connectivity index is 2.99. The summed E-state index contributed by atoms with van der Waals surface area (Å²) in [7, 11) is -2.53. The second kappa shape index (κ2) is 5.45. The van der Waals surface area contributed by atoms with E-state index in [0.717, 1.165) is 28.6 Å². The molecule has 0 aliphatic rings. The Morgan fingerprint density at radius 2 is 1.83 bits per heavy atom. The second-order valence-corrected chi connectivity index (χ2v) is 5.68. The molecule has 100 valence electrons. The first-order valence-electron chi connectivity index (χ1n) is 5.16. The SMILES string of the molecule is CC(=O)OC(C)N(C)S(=O)(=O)c1ccc(F)cc1. The van der Waals surface area contributed by atoms with E-state index in [1.54, 1.807) is 0 Å². The summed E-state index contributed by atoms with van der Waals surface area (Å²) >= 11 is 0. The van der Waals surface area contributed by atoms with Crippen molar-refractivity contribution in [2.24, 2.45) is 0 Å². The molecule has 0 fully saturated rings. The molecule has 0 aromatic heterocycles. The summed E-state index contributed by atoms with van der Waals surface area (Å²) in [6.07, 6.45) is -0.933. The first-order valence-corrected chi connectivity index (χ1v) is 6.60. The fourth-order valence-electron chi connectivity index (χ4n) is 1.28. The van der Waals surface area contributed by atoms with Gasteiger partial charge in [0, 0.05) is 14.0 Å². The van der Waals surface area contributed by atoms with Crippen LogP contribution < -0.4 is 0 Å². The molecule has 0 bridgehead atoms. The first kappa shape index (κ1) is 14.6. The highest BCUT2D eigenvalue weighted by atomic mass is 32.2. The minimum atomic E-state index is -3.81. The van der Waals surface area contributed by atoms with Crippen molar-refractivity contribution >= 4 is 16.0 Å². The Labute approximate surface area is 105 Å². The lowest BCUT2D eigenvalue weighted by Crippen LogP contribution is -2.37. The number of ether oxygens (including phenoxy) is 1. The molecule has 0 N–H and O–H groups in total. The summed E-state index contributed by atoms with van der Waals surface area (Å²) in [5.41, 5.74) is 0. The predicted molar refractivity (Wildman–Crippen MR) is 62.6 cm³/mol. The zero-order valence-electron chi connectivity index (χ0n) is 10.3. The maximum atomic E-state index is 12.7. The van der Waals surface area contributed by atoms with Crippen molar-refractivity contribution in [1.82, 2.24) is 4.31 Å². The van der Waals surface area contributed by atoms with E-state index >= 15 is 0 Å². The van der Waals surface area contributed by atoms with Crippen molar-refractivity contribution < 1.29 is 22.3 Å². The van der Waals surface area contributed by atoms with Crippen LogP contribution in [0.5, 0.6) is 0 Å². The molecule has 18 heavy (non-hydrogen) atoms. The second-order valence-electron chi connectivity index (χ2n) is 3.68.